The summed E-state index contributed by atoms with van der Waals surface area (Å²) in [6, 6.07) is 12.5. The van der Waals surface area contributed by atoms with Crippen LogP contribution in [0.2, 0.25) is 0 Å². The first kappa shape index (κ1) is 29.6. The van der Waals surface area contributed by atoms with Crippen molar-refractivity contribution >= 4 is 17.7 Å². The number of benzene rings is 2. The van der Waals surface area contributed by atoms with Crippen LogP contribution < -0.4 is 23.8 Å². The Bertz CT molecular complexity index is 1040. The molecular weight excluding hydrogens is 512 g/mol. The Morgan fingerprint density at radius 3 is 1.27 bits per heavy atom. The molecule has 0 spiro atoms. The Balaban J connectivity index is 1.49. The first-order valence-electron chi connectivity index (χ1n) is 16.6. The standard InChI is InChI=1S/C35H51N2O4/c1-2-6-10-14-26-39-31-20-18-22-33-35(31)37-24-23-36(29-37)34-30(38-25-13-9-5-1)19-17-21-32(34)40-27-15-11-7-3-4-8-12-16-28-41-33/h17-22,29H,1-16,23-28H2/q+1. The summed E-state index contributed by atoms with van der Waals surface area (Å²) in [7, 11) is 0. The molecule has 2 aromatic rings. The van der Waals surface area contributed by atoms with E-state index in [1.54, 1.807) is 0 Å². The number of rotatable bonds is 0. The fraction of sp³-hybridized carbons (Fsp3) is 0.629. The number of ether oxygens (including phenoxy) is 4. The topological polar surface area (TPSA) is 43.2 Å². The predicted molar refractivity (Wildman–Crippen MR) is 167 cm³/mol. The minimum atomic E-state index is 0.739. The van der Waals surface area contributed by atoms with E-state index < -0.39 is 0 Å². The molecule has 6 heteroatoms. The summed E-state index contributed by atoms with van der Waals surface area (Å²) in [5.74, 6) is 3.63. The van der Waals surface area contributed by atoms with Crippen LogP contribution >= 0.6 is 0 Å². The highest BCUT2D eigenvalue weighted by Gasteiger charge is 2.32. The van der Waals surface area contributed by atoms with Crippen LogP contribution in [0, 0.1) is 0 Å². The zero-order valence-electron chi connectivity index (χ0n) is 25.1. The van der Waals surface area contributed by atoms with Gasteiger partial charge in [0.1, 0.15) is 13.1 Å². The number of hydrogen-bond donors (Lipinski definition) is 0. The molecule has 0 aromatic heterocycles. The van der Waals surface area contributed by atoms with E-state index in [1.165, 1.54) is 77.0 Å². The van der Waals surface area contributed by atoms with Crippen LogP contribution in [0.15, 0.2) is 36.4 Å². The predicted octanol–water partition coefficient (Wildman–Crippen LogP) is 8.66. The molecule has 0 saturated carbocycles. The maximum Gasteiger partial charge on any atom is 0.245 e. The van der Waals surface area contributed by atoms with Crippen LogP contribution in [0.3, 0.4) is 0 Å². The van der Waals surface area contributed by atoms with Crippen LogP contribution in [0.1, 0.15) is 103 Å². The zero-order chi connectivity index (χ0) is 28.0. The normalized spacial score (nSPS) is 20.4. The van der Waals surface area contributed by atoms with Gasteiger partial charge in [0.25, 0.3) is 0 Å². The second-order valence-corrected chi connectivity index (χ2v) is 11.8. The summed E-state index contributed by atoms with van der Waals surface area (Å²) >= 11 is 0. The Hall–Kier alpha value is -2.89. The van der Waals surface area contributed by atoms with Gasteiger partial charge in [0, 0.05) is 0 Å². The second kappa shape index (κ2) is 16.5. The highest BCUT2D eigenvalue weighted by molar-refractivity contribution is 5.85. The quantitative estimate of drug-likeness (QED) is 0.300. The van der Waals surface area contributed by atoms with Crippen LogP contribution in [0.4, 0.5) is 11.4 Å². The SMILES string of the molecule is C1=[N+]2CCN1c1c3cccc1OCCCCCCCCCCOc1cccc(c12)OCCCCCCCCCCO3. The molecule has 4 bridgehead atoms. The summed E-state index contributed by atoms with van der Waals surface area (Å²) < 4.78 is 28.1. The molecule has 0 N–H and O–H groups in total. The average molecular weight is 564 g/mol. The summed E-state index contributed by atoms with van der Waals surface area (Å²) in [6.45, 7) is 4.63. The van der Waals surface area contributed by atoms with Gasteiger partial charge >= 0.3 is 0 Å². The fourth-order valence-corrected chi connectivity index (χ4v) is 6.13. The number of hydrogen-bond acceptors (Lipinski definition) is 5. The van der Waals surface area contributed by atoms with Crippen molar-refractivity contribution in [1.29, 1.82) is 0 Å². The lowest BCUT2D eigenvalue weighted by Crippen LogP contribution is -2.20. The van der Waals surface area contributed by atoms with E-state index in [-0.39, 0.29) is 0 Å². The first-order chi connectivity index (χ1) is 20.4. The van der Waals surface area contributed by atoms with E-state index in [0.717, 1.165) is 99.6 Å². The monoisotopic (exact) mass is 563 g/mol. The molecule has 0 saturated heterocycles. The van der Waals surface area contributed by atoms with Crippen molar-refractivity contribution in [3.8, 4) is 23.0 Å². The highest BCUT2D eigenvalue weighted by atomic mass is 16.5. The molecule has 41 heavy (non-hydrogen) atoms. The van der Waals surface area contributed by atoms with Gasteiger partial charge in [-0.2, -0.15) is 0 Å². The van der Waals surface area contributed by atoms with Gasteiger partial charge in [0.15, 0.2) is 23.0 Å². The van der Waals surface area contributed by atoms with Gasteiger partial charge in [-0.05, 0) is 49.9 Å². The molecule has 5 rings (SSSR count). The van der Waals surface area contributed by atoms with Crippen molar-refractivity contribution < 1.29 is 23.5 Å². The molecular formula is C35H51N2O4+. The van der Waals surface area contributed by atoms with Crippen molar-refractivity contribution in [2.24, 2.45) is 0 Å². The molecule has 3 aliphatic heterocycles. The lowest BCUT2D eigenvalue weighted by molar-refractivity contribution is -0.425. The van der Waals surface area contributed by atoms with Gasteiger partial charge in [-0.3, -0.25) is 0 Å². The largest absolute Gasteiger partial charge is 0.489 e. The maximum atomic E-state index is 6.45. The Kier molecular flexibility index (Phi) is 11.9. The summed E-state index contributed by atoms with van der Waals surface area (Å²) in [5.41, 5.74) is 2.07. The molecule has 0 radical (unpaired) electrons. The van der Waals surface area contributed by atoms with Gasteiger partial charge in [0.05, 0.1) is 26.4 Å². The third kappa shape index (κ3) is 8.80. The first-order valence-corrected chi connectivity index (χ1v) is 16.6. The van der Waals surface area contributed by atoms with Crippen LogP contribution in [0.25, 0.3) is 0 Å². The van der Waals surface area contributed by atoms with Gasteiger partial charge < -0.3 is 18.9 Å². The van der Waals surface area contributed by atoms with Crippen LogP contribution in [0.5, 0.6) is 23.0 Å². The second-order valence-electron chi connectivity index (χ2n) is 11.8. The molecule has 0 amide bonds. The van der Waals surface area contributed by atoms with E-state index in [0.29, 0.717) is 0 Å². The molecule has 3 aliphatic rings. The van der Waals surface area contributed by atoms with Gasteiger partial charge in [-0.15, -0.1) is 0 Å². The van der Waals surface area contributed by atoms with E-state index >= 15 is 0 Å². The van der Waals surface area contributed by atoms with E-state index in [1.807, 2.05) is 0 Å². The van der Waals surface area contributed by atoms with Gasteiger partial charge in [-0.25, -0.2) is 9.48 Å². The minimum absolute atomic E-state index is 0.739. The Morgan fingerprint density at radius 1 is 0.463 bits per heavy atom. The smallest absolute Gasteiger partial charge is 0.245 e. The molecule has 224 valence electrons. The van der Waals surface area contributed by atoms with Crippen molar-refractivity contribution in [2.45, 2.75) is 103 Å². The summed E-state index contributed by atoms with van der Waals surface area (Å²) in [5, 5.41) is 0. The molecule has 0 unspecified atom stereocenters. The van der Waals surface area contributed by atoms with Crippen molar-refractivity contribution in [2.75, 3.05) is 44.4 Å². The number of anilines is 1. The molecule has 2 aromatic carbocycles. The fourth-order valence-electron chi connectivity index (χ4n) is 6.13. The summed E-state index contributed by atoms with van der Waals surface area (Å²) in [6.07, 6.45) is 21.7. The zero-order valence-corrected chi connectivity index (χ0v) is 25.1. The van der Waals surface area contributed by atoms with Gasteiger partial charge in [0.2, 0.25) is 17.7 Å². The average Bonchev–Trinajstić information content (AvgIpc) is 3.46. The van der Waals surface area contributed by atoms with Gasteiger partial charge in [-0.1, -0.05) is 89.2 Å². The third-order valence-electron chi connectivity index (χ3n) is 8.47. The molecule has 0 fully saturated rings. The Labute approximate surface area is 247 Å². The number of nitrogens with zero attached hydrogens (tertiary/aromatic N) is 2. The van der Waals surface area contributed by atoms with Crippen molar-refractivity contribution in [1.82, 2.24) is 0 Å². The van der Waals surface area contributed by atoms with Crippen LogP contribution in [-0.2, 0) is 0 Å². The number of para-hydroxylation sites is 2. The van der Waals surface area contributed by atoms with E-state index in [9.17, 15) is 0 Å². The minimum Gasteiger partial charge on any atom is -0.489 e. The molecule has 0 aliphatic carbocycles. The Morgan fingerprint density at radius 2 is 0.829 bits per heavy atom. The lowest BCUT2D eigenvalue weighted by atomic mass is 10.1. The maximum absolute atomic E-state index is 6.45. The van der Waals surface area contributed by atoms with Crippen LogP contribution in [-0.4, -0.2) is 50.4 Å². The molecule has 3 heterocycles. The summed E-state index contributed by atoms with van der Waals surface area (Å²) in [4.78, 5) is 2.30. The van der Waals surface area contributed by atoms with E-state index in [4.69, 9.17) is 18.9 Å². The highest BCUT2D eigenvalue weighted by Crippen LogP contribution is 2.42. The lowest BCUT2D eigenvalue weighted by Gasteiger charge is -2.18. The third-order valence-corrected chi connectivity index (χ3v) is 8.47. The van der Waals surface area contributed by atoms with E-state index in [2.05, 4.69) is 52.2 Å². The van der Waals surface area contributed by atoms with Crippen molar-refractivity contribution in [3.05, 3.63) is 36.4 Å². The molecule has 0 atom stereocenters. The van der Waals surface area contributed by atoms with Crippen molar-refractivity contribution in [3.63, 3.8) is 0 Å². The molecule has 6 nitrogen and oxygen atoms in total.